The number of hydrogen-bond donors (Lipinski definition) is 8. The third-order valence-electron chi connectivity index (χ3n) is 6.99. The maximum absolute atomic E-state index is 13.5. The lowest BCUT2D eigenvalue weighted by Gasteiger charge is -2.26. The molecule has 0 aliphatic heterocycles. The first-order valence-electron chi connectivity index (χ1n) is 14.0. The summed E-state index contributed by atoms with van der Waals surface area (Å²) in [6.07, 6.45) is 2.11. The van der Waals surface area contributed by atoms with E-state index in [0.717, 1.165) is 16.5 Å². The Hall–Kier alpha value is -4.26. The first kappa shape index (κ1) is 32.3. The highest BCUT2D eigenvalue weighted by Gasteiger charge is 2.32. The predicted molar refractivity (Wildman–Crippen MR) is 158 cm³/mol. The Bertz CT molecular complexity index is 1340. The molecule has 3 rings (SSSR count). The molecule has 226 valence electrons. The zero-order valence-electron chi connectivity index (χ0n) is 23.6. The highest BCUT2D eigenvalue weighted by atomic mass is 16.4. The van der Waals surface area contributed by atoms with E-state index < -0.39 is 54.0 Å². The van der Waals surface area contributed by atoms with Gasteiger partial charge in [-0.2, -0.15) is 0 Å². The van der Waals surface area contributed by atoms with Crippen LogP contribution in [0.1, 0.15) is 37.3 Å². The molecule has 0 radical (unpaired) electrons. The van der Waals surface area contributed by atoms with Gasteiger partial charge < -0.3 is 42.6 Å². The number of carbonyl (C=O) groups is 4. The van der Waals surface area contributed by atoms with Gasteiger partial charge in [0.25, 0.3) is 0 Å². The predicted octanol–water partition coefficient (Wildman–Crippen LogP) is 0.329. The molecule has 1 heterocycles. The summed E-state index contributed by atoms with van der Waals surface area (Å²) in [7, 11) is 0. The molecule has 0 aliphatic carbocycles. The number of amides is 3. The average Bonchev–Trinajstić information content (AvgIpc) is 3.37. The summed E-state index contributed by atoms with van der Waals surface area (Å²) in [5.74, 6) is -3.36. The summed E-state index contributed by atoms with van der Waals surface area (Å²) < 4.78 is 0. The van der Waals surface area contributed by atoms with Gasteiger partial charge in [0.2, 0.25) is 17.7 Å². The highest BCUT2D eigenvalue weighted by Crippen LogP contribution is 2.19. The van der Waals surface area contributed by atoms with Crippen molar-refractivity contribution < 1.29 is 29.4 Å². The molecule has 12 heteroatoms. The molecule has 12 nitrogen and oxygen atoms in total. The number of hydrogen-bond acceptors (Lipinski definition) is 7. The van der Waals surface area contributed by atoms with Gasteiger partial charge in [0.05, 0.1) is 12.1 Å². The fourth-order valence-corrected chi connectivity index (χ4v) is 4.64. The zero-order valence-corrected chi connectivity index (χ0v) is 23.6. The van der Waals surface area contributed by atoms with Crippen LogP contribution in [0, 0.1) is 0 Å². The average molecular weight is 581 g/mol. The molecular formula is C30H40N6O6. The largest absolute Gasteiger partial charge is 0.480 e. The fraction of sp³-hybridized carbons (Fsp3) is 0.400. The van der Waals surface area contributed by atoms with E-state index in [2.05, 4.69) is 20.9 Å². The minimum absolute atomic E-state index is 0.0497. The van der Waals surface area contributed by atoms with Crippen molar-refractivity contribution in [2.24, 2.45) is 11.5 Å². The van der Waals surface area contributed by atoms with Gasteiger partial charge in [-0.1, -0.05) is 48.5 Å². The number of para-hydroxylation sites is 1. The second kappa shape index (κ2) is 15.7. The number of aliphatic carboxylic acids is 1. The van der Waals surface area contributed by atoms with Crippen molar-refractivity contribution in [2.45, 2.75) is 69.3 Å². The van der Waals surface area contributed by atoms with Crippen LogP contribution in [-0.4, -0.2) is 75.7 Å². The van der Waals surface area contributed by atoms with E-state index in [0.29, 0.717) is 24.9 Å². The molecule has 0 saturated heterocycles. The van der Waals surface area contributed by atoms with Gasteiger partial charge in [-0.25, -0.2) is 4.79 Å². The Morgan fingerprint density at radius 2 is 1.50 bits per heavy atom. The van der Waals surface area contributed by atoms with Gasteiger partial charge in [0.15, 0.2) is 6.04 Å². The number of aliphatic hydroxyl groups excluding tert-OH is 1. The number of unbranched alkanes of at least 4 members (excludes halogenated alkanes) is 1. The molecule has 0 fully saturated rings. The van der Waals surface area contributed by atoms with Gasteiger partial charge in [-0.05, 0) is 56.3 Å². The molecular weight excluding hydrogens is 540 g/mol. The minimum Gasteiger partial charge on any atom is -0.480 e. The number of H-pyrrole nitrogens is 1. The summed E-state index contributed by atoms with van der Waals surface area (Å²) in [4.78, 5) is 54.5. The number of aromatic amines is 1. The van der Waals surface area contributed by atoms with Crippen molar-refractivity contribution in [1.29, 1.82) is 0 Å². The SMILES string of the molecule is CC(O)C(NC(=O)C(Cc1ccccc1)NC(=O)C(CCCCN)NC(=O)C(N)Cc1c[nH]c2ccccc12)C(=O)O. The van der Waals surface area contributed by atoms with E-state index in [4.69, 9.17) is 11.5 Å². The summed E-state index contributed by atoms with van der Waals surface area (Å²) in [5, 5.41) is 27.9. The molecule has 3 aromatic rings. The Kier molecular flexibility index (Phi) is 12.0. The lowest BCUT2D eigenvalue weighted by Crippen LogP contribution is -2.58. The Morgan fingerprint density at radius 1 is 0.857 bits per heavy atom. The van der Waals surface area contributed by atoms with Gasteiger partial charge in [-0.3, -0.25) is 14.4 Å². The molecule has 2 aromatic carbocycles. The van der Waals surface area contributed by atoms with Crippen LogP contribution in [0.4, 0.5) is 0 Å². The lowest BCUT2D eigenvalue weighted by atomic mass is 10.0. The highest BCUT2D eigenvalue weighted by molar-refractivity contribution is 5.94. The molecule has 0 aliphatic rings. The Morgan fingerprint density at radius 3 is 2.17 bits per heavy atom. The number of nitrogens with two attached hydrogens (primary N) is 2. The molecule has 5 atom stereocenters. The molecule has 0 bridgehead atoms. The van der Waals surface area contributed by atoms with Crippen LogP contribution in [0.15, 0.2) is 60.8 Å². The van der Waals surface area contributed by atoms with Crippen molar-refractivity contribution >= 4 is 34.6 Å². The summed E-state index contributed by atoms with van der Waals surface area (Å²) in [6.45, 7) is 1.64. The van der Waals surface area contributed by atoms with Crippen molar-refractivity contribution in [3.05, 3.63) is 71.9 Å². The third-order valence-corrected chi connectivity index (χ3v) is 6.99. The summed E-state index contributed by atoms with van der Waals surface area (Å²) in [5.41, 5.74) is 14.4. The van der Waals surface area contributed by atoms with Crippen molar-refractivity contribution in [2.75, 3.05) is 6.54 Å². The number of aliphatic hydroxyl groups is 1. The number of rotatable bonds is 16. The van der Waals surface area contributed by atoms with Crippen LogP contribution in [0.2, 0.25) is 0 Å². The van der Waals surface area contributed by atoms with Crippen LogP contribution < -0.4 is 27.4 Å². The Balaban J connectivity index is 1.76. The molecule has 5 unspecified atom stereocenters. The van der Waals surface area contributed by atoms with Crippen molar-refractivity contribution in [3.63, 3.8) is 0 Å². The van der Waals surface area contributed by atoms with E-state index >= 15 is 0 Å². The number of fused-ring (bicyclic) bond motifs is 1. The molecule has 1 aromatic heterocycles. The molecule has 42 heavy (non-hydrogen) atoms. The minimum atomic E-state index is -1.57. The normalized spacial score (nSPS) is 14.8. The van der Waals surface area contributed by atoms with Gasteiger partial charge in [0, 0.05) is 23.5 Å². The number of carboxylic acids is 1. The van der Waals surface area contributed by atoms with Gasteiger partial charge >= 0.3 is 5.97 Å². The Labute approximate surface area is 244 Å². The molecule has 10 N–H and O–H groups in total. The second-order valence-corrected chi connectivity index (χ2v) is 10.3. The second-order valence-electron chi connectivity index (χ2n) is 10.3. The number of aromatic nitrogens is 1. The quantitative estimate of drug-likeness (QED) is 0.110. The first-order valence-corrected chi connectivity index (χ1v) is 14.0. The standard InChI is InChI=1S/C30H40N6O6/c1-18(37)26(30(41)42)36-29(40)25(15-19-9-3-2-4-10-19)35-28(39)24(13-7-8-14-31)34-27(38)22(32)16-20-17-33-23-12-6-5-11-21(20)23/h2-6,9-12,17-18,22,24-26,33,37H,7-8,13-16,31-32H2,1H3,(H,34,38)(H,35,39)(H,36,40)(H,41,42). The topological polar surface area (TPSA) is 213 Å². The third kappa shape index (κ3) is 9.13. The molecule has 0 spiro atoms. The van der Waals surface area contributed by atoms with E-state index in [9.17, 15) is 29.4 Å². The van der Waals surface area contributed by atoms with Gasteiger partial charge in [0.1, 0.15) is 12.1 Å². The van der Waals surface area contributed by atoms with Crippen LogP contribution in [0.5, 0.6) is 0 Å². The fourth-order valence-electron chi connectivity index (χ4n) is 4.64. The van der Waals surface area contributed by atoms with Crippen LogP contribution >= 0.6 is 0 Å². The smallest absolute Gasteiger partial charge is 0.328 e. The number of nitrogens with one attached hydrogen (secondary N) is 4. The monoisotopic (exact) mass is 580 g/mol. The molecule has 3 amide bonds. The van der Waals surface area contributed by atoms with Crippen molar-refractivity contribution in [1.82, 2.24) is 20.9 Å². The van der Waals surface area contributed by atoms with Crippen LogP contribution in [0.25, 0.3) is 10.9 Å². The van der Waals surface area contributed by atoms with Crippen LogP contribution in [0.3, 0.4) is 0 Å². The number of carbonyl (C=O) groups excluding carboxylic acids is 3. The maximum atomic E-state index is 13.5. The summed E-state index contributed by atoms with van der Waals surface area (Å²) in [6, 6.07) is 11.8. The van der Waals surface area contributed by atoms with E-state index in [1.165, 1.54) is 6.92 Å². The summed E-state index contributed by atoms with van der Waals surface area (Å²) >= 11 is 0. The maximum Gasteiger partial charge on any atom is 0.328 e. The first-order chi connectivity index (χ1) is 20.1. The number of carboxylic acid groups (broad SMARTS) is 1. The number of benzene rings is 2. The van der Waals surface area contributed by atoms with Crippen molar-refractivity contribution in [3.8, 4) is 0 Å². The van der Waals surface area contributed by atoms with E-state index in [-0.39, 0.29) is 19.3 Å². The lowest BCUT2D eigenvalue weighted by molar-refractivity contribution is -0.145. The van der Waals surface area contributed by atoms with Crippen LogP contribution in [-0.2, 0) is 32.0 Å². The zero-order chi connectivity index (χ0) is 30.6. The van der Waals surface area contributed by atoms with E-state index in [1.807, 2.05) is 24.3 Å². The molecule has 0 saturated carbocycles. The van der Waals surface area contributed by atoms with E-state index in [1.54, 1.807) is 36.5 Å². The van der Waals surface area contributed by atoms with Gasteiger partial charge in [-0.15, -0.1) is 0 Å².